The maximum Gasteiger partial charge on any atom is 0.137 e. The molecule has 0 amide bonds. The Hall–Kier alpha value is -2.91. The molecule has 1 aliphatic rings. The highest BCUT2D eigenvalue weighted by Gasteiger charge is 2.20. The van der Waals surface area contributed by atoms with Crippen molar-refractivity contribution in [1.29, 1.82) is 0 Å². The highest BCUT2D eigenvalue weighted by atomic mass is 15.1. The number of H-pyrrole nitrogens is 1. The normalized spacial score (nSPS) is 14.5. The Labute approximate surface area is 153 Å². The van der Waals surface area contributed by atoms with E-state index in [0.717, 1.165) is 31.7 Å². The van der Waals surface area contributed by atoms with Crippen LogP contribution in [0.15, 0.2) is 73.1 Å². The van der Waals surface area contributed by atoms with Crippen LogP contribution < -0.4 is 0 Å². The number of benzene rings is 2. The number of nitrogens with one attached hydrogen (secondary N) is 1. The second kappa shape index (κ2) is 6.43. The minimum Gasteiger partial charge on any atom is -0.346 e. The molecule has 0 aliphatic carbocycles. The molecular formula is C23H21N3. The van der Waals surface area contributed by atoms with E-state index in [1.165, 1.54) is 33.2 Å². The van der Waals surface area contributed by atoms with E-state index >= 15 is 0 Å². The van der Waals surface area contributed by atoms with Crippen LogP contribution in [0.5, 0.6) is 0 Å². The molecule has 1 N–H and O–H groups in total. The van der Waals surface area contributed by atoms with Crippen LogP contribution in [0.1, 0.15) is 16.7 Å². The third kappa shape index (κ3) is 2.71. The first kappa shape index (κ1) is 15.4. The monoisotopic (exact) mass is 339 g/mol. The van der Waals surface area contributed by atoms with Gasteiger partial charge in [0.05, 0.1) is 0 Å². The molecule has 0 atom stereocenters. The average molecular weight is 339 g/mol. The van der Waals surface area contributed by atoms with Crippen LogP contribution in [0.2, 0.25) is 0 Å². The number of rotatable bonds is 3. The van der Waals surface area contributed by atoms with Gasteiger partial charge >= 0.3 is 0 Å². The van der Waals surface area contributed by atoms with Crippen LogP contribution in [0.4, 0.5) is 0 Å². The van der Waals surface area contributed by atoms with Crippen LogP contribution in [-0.2, 0) is 19.5 Å². The van der Waals surface area contributed by atoms with Crippen molar-refractivity contribution in [3.8, 4) is 11.1 Å². The quantitative estimate of drug-likeness (QED) is 0.582. The minimum absolute atomic E-state index is 0.959. The molecule has 0 spiro atoms. The zero-order chi connectivity index (χ0) is 17.3. The first-order valence-corrected chi connectivity index (χ1v) is 9.18. The van der Waals surface area contributed by atoms with Gasteiger partial charge in [0, 0.05) is 37.4 Å². The summed E-state index contributed by atoms with van der Waals surface area (Å²) in [6.45, 7) is 3.05. The molecule has 0 saturated carbocycles. The Morgan fingerprint density at radius 2 is 1.88 bits per heavy atom. The molecule has 4 aromatic rings. The van der Waals surface area contributed by atoms with Crippen molar-refractivity contribution >= 4 is 11.0 Å². The zero-order valence-corrected chi connectivity index (χ0v) is 14.7. The van der Waals surface area contributed by atoms with E-state index in [-0.39, 0.29) is 0 Å². The summed E-state index contributed by atoms with van der Waals surface area (Å²) < 4.78 is 0. The number of hydrogen-bond donors (Lipinski definition) is 1. The van der Waals surface area contributed by atoms with Gasteiger partial charge in [-0.15, -0.1) is 0 Å². The van der Waals surface area contributed by atoms with E-state index < -0.39 is 0 Å². The van der Waals surface area contributed by atoms with Crippen LogP contribution in [0.25, 0.3) is 22.2 Å². The lowest BCUT2D eigenvalue weighted by Crippen LogP contribution is -2.30. The van der Waals surface area contributed by atoms with Crippen molar-refractivity contribution in [2.24, 2.45) is 0 Å². The number of nitrogens with zero attached hydrogens (tertiary/aromatic N) is 2. The third-order valence-electron chi connectivity index (χ3n) is 5.36. The number of aromatic amines is 1. The van der Waals surface area contributed by atoms with Crippen molar-refractivity contribution in [3.05, 3.63) is 89.7 Å². The summed E-state index contributed by atoms with van der Waals surface area (Å²) in [4.78, 5) is 10.2. The molecule has 128 valence electrons. The lowest BCUT2D eigenvalue weighted by Gasteiger charge is -2.30. The highest BCUT2D eigenvalue weighted by molar-refractivity contribution is 5.79. The number of fused-ring (bicyclic) bond motifs is 2. The Kier molecular flexibility index (Phi) is 3.80. The van der Waals surface area contributed by atoms with Gasteiger partial charge in [-0.05, 0) is 46.4 Å². The van der Waals surface area contributed by atoms with Crippen molar-refractivity contribution in [3.63, 3.8) is 0 Å². The fraction of sp³-hybridized carbons (Fsp3) is 0.174. The fourth-order valence-corrected chi connectivity index (χ4v) is 4.08. The Bertz CT molecular complexity index is 1050. The molecule has 0 radical (unpaired) electrons. The van der Waals surface area contributed by atoms with E-state index in [1.807, 2.05) is 12.3 Å². The first-order valence-electron chi connectivity index (χ1n) is 9.18. The van der Waals surface area contributed by atoms with Crippen LogP contribution >= 0.6 is 0 Å². The topological polar surface area (TPSA) is 31.9 Å². The molecular weight excluding hydrogens is 318 g/mol. The first-order chi connectivity index (χ1) is 12.9. The van der Waals surface area contributed by atoms with Crippen molar-refractivity contribution in [1.82, 2.24) is 14.9 Å². The molecule has 2 aromatic carbocycles. The molecule has 2 aromatic heterocycles. The van der Waals surface area contributed by atoms with E-state index in [1.54, 1.807) is 0 Å². The Balaban J connectivity index is 1.42. The number of pyridine rings is 1. The largest absolute Gasteiger partial charge is 0.346 e. The lowest BCUT2D eigenvalue weighted by molar-refractivity contribution is 0.246. The maximum atomic E-state index is 4.40. The van der Waals surface area contributed by atoms with Gasteiger partial charge in [-0.2, -0.15) is 0 Å². The molecule has 0 unspecified atom stereocenters. The van der Waals surface area contributed by atoms with E-state index in [0.29, 0.717) is 0 Å². The van der Waals surface area contributed by atoms with Crippen molar-refractivity contribution < 1.29 is 0 Å². The highest BCUT2D eigenvalue weighted by Crippen LogP contribution is 2.31. The summed E-state index contributed by atoms with van der Waals surface area (Å²) in [6.07, 6.45) is 5.04. The molecule has 1 aliphatic heterocycles. The predicted molar refractivity (Wildman–Crippen MR) is 106 cm³/mol. The lowest BCUT2D eigenvalue weighted by atomic mass is 9.90. The predicted octanol–water partition coefficient (Wildman–Crippen LogP) is 4.79. The molecule has 26 heavy (non-hydrogen) atoms. The van der Waals surface area contributed by atoms with Crippen molar-refractivity contribution in [2.45, 2.75) is 19.5 Å². The second-order valence-electron chi connectivity index (χ2n) is 6.98. The standard InChI is InChI=1S/C23H21N3/c1-2-6-17(7-3-1)20-9-4-8-18-15-26(13-11-21(18)20)16-19-14-25-23-22(19)10-5-12-24-23/h1-10,12,14H,11,13,15-16H2,(H,24,25). The van der Waals surface area contributed by atoms with E-state index in [4.69, 9.17) is 0 Å². The second-order valence-corrected chi connectivity index (χ2v) is 6.98. The van der Waals surface area contributed by atoms with Crippen LogP contribution in [0, 0.1) is 0 Å². The van der Waals surface area contributed by atoms with Crippen LogP contribution in [-0.4, -0.2) is 21.4 Å². The SMILES string of the molecule is c1ccc(-c2cccc3c2CCN(Cc2c[nH]c4ncccc24)C3)cc1. The zero-order valence-electron chi connectivity index (χ0n) is 14.7. The Morgan fingerprint density at radius 1 is 0.962 bits per heavy atom. The summed E-state index contributed by atoms with van der Waals surface area (Å²) >= 11 is 0. The molecule has 0 fully saturated rings. The van der Waals surface area contributed by atoms with Gasteiger partial charge in [0.15, 0.2) is 0 Å². The molecule has 0 bridgehead atoms. The summed E-state index contributed by atoms with van der Waals surface area (Å²) in [5.41, 5.74) is 7.98. The molecule has 5 rings (SSSR count). The fourth-order valence-electron chi connectivity index (χ4n) is 4.08. The Morgan fingerprint density at radius 3 is 2.81 bits per heavy atom. The smallest absolute Gasteiger partial charge is 0.137 e. The van der Waals surface area contributed by atoms with Crippen LogP contribution in [0.3, 0.4) is 0 Å². The number of hydrogen-bond acceptors (Lipinski definition) is 2. The summed E-state index contributed by atoms with van der Waals surface area (Å²) in [7, 11) is 0. The summed E-state index contributed by atoms with van der Waals surface area (Å²) in [6, 6.07) is 21.6. The van der Waals surface area contributed by atoms with E-state index in [9.17, 15) is 0 Å². The molecule has 3 heterocycles. The minimum atomic E-state index is 0.959. The van der Waals surface area contributed by atoms with Gasteiger partial charge < -0.3 is 4.98 Å². The summed E-state index contributed by atoms with van der Waals surface area (Å²) in [5.74, 6) is 0. The summed E-state index contributed by atoms with van der Waals surface area (Å²) in [5, 5.41) is 1.23. The van der Waals surface area contributed by atoms with Gasteiger partial charge in [0.2, 0.25) is 0 Å². The molecule has 3 nitrogen and oxygen atoms in total. The van der Waals surface area contributed by atoms with Gasteiger partial charge in [-0.25, -0.2) is 4.98 Å². The third-order valence-corrected chi connectivity index (χ3v) is 5.36. The van der Waals surface area contributed by atoms with Gasteiger partial charge in [-0.3, -0.25) is 4.90 Å². The van der Waals surface area contributed by atoms with Gasteiger partial charge in [-0.1, -0.05) is 48.5 Å². The van der Waals surface area contributed by atoms with E-state index in [2.05, 4.69) is 75.7 Å². The van der Waals surface area contributed by atoms with Gasteiger partial charge in [0.25, 0.3) is 0 Å². The maximum absolute atomic E-state index is 4.40. The van der Waals surface area contributed by atoms with Crippen molar-refractivity contribution in [2.75, 3.05) is 6.54 Å². The van der Waals surface area contributed by atoms with Gasteiger partial charge in [0.1, 0.15) is 5.65 Å². The molecule has 0 saturated heterocycles. The average Bonchev–Trinajstić information content (AvgIpc) is 3.11. The number of aromatic nitrogens is 2. The molecule has 3 heteroatoms.